The number of Topliss-reactive ketones (excluding diaryl/α,β-unsaturated/α-hetero) is 1. The van der Waals surface area contributed by atoms with Crippen LogP contribution in [-0.2, 0) is 68.6 Å². The second kappa shape index (κ2) is 33.9. The third-order valence-electron chi connectivity index (χ3n) is 18.5. The summed E-state index contributed by atoms with van der Waals surface area (Å²) in [5.41, 5.74) is 0.557. The lowest BCUT2D eigenvalue weighted by atomic mass is 9.72. The lowest BCUT2D eigenvalue weighted by molar-refractivity contribution is -0.249. The molecule has 7 rings (SSSR count). The van der Waals surface area contributed by atoms with Crippen molar-refractivity contribution in [1.82, 2.24) is 42.1 Å². The van der Waals surface area contributed by atoms with Gasteiger partial charge in [0.15, 0.2) is 17.9 Å². The van der Waals surface area contributed by atoms with Crippen LogP contribution < -0.4 is 47.7 Å². The number of β-amino-alcohol motifs (C(OH)–C–C–N with tert-alkyl or cyclic N) is 1. The third kappa shape index (κ3) is 18.4. The Morgan fingerprint density at radius 2 is 1.35 bits per heavy atom. The maximum atomic E-state index is 14.4. The molecule has 1 saturated carbocycles. The Morgan fingerprint density at radius 1 is 0.737 bits per heavy atom. The fourth-order valence-corrected chi connectivity index (χ4v) is 13.3. The maximum absolute atomic E-state index is 14.4. The van der Waals surface area contributed by atoms with Crippen molar-refractivity contribution in [1.29, 1.82) is 0 Å². The molecule has 5 aliphatic rings. The summed E-state index contributed by atoms with van der Waals surface area (Å²) in [6.45, 7) is 2.46. The first kappa shape index (κ1) is 77.6. The van der Waals surface area contributed by atoms with Crippen LogP contribution in [0.2, 0.25) is 0 Å². The highest BCUT2D eigenvalue weighted by atomic mass is 16.7. The number of phenolic OH excluding ortho intramolecular Hbond substituents is 2. The van der Waals surface area contributed by atoms with Crippen LogP contribution in [0.25, 0.3) is 0 Å². The summed E-state index contributed by atoms with van der Waals surface area (Å²) >= 11 is 0. The molecule has 0 unspecified atom stereocenters. The molecule has 2 aromatic carbocycles. The molecule has 0 radical (unpaired) electrons. The van der Waals surface area contributed by atoms with E-state index in [1.807, 2.05) is 0 Å². The number of aromatic hydroxyl groups is 2. The van der Waals surface area contributed by atoms with Crippen molar-refractivity contribution < 1.29 is 122 Å². The monoisotopic (exact) mass is 1400 g/mol. The van der Waals surface area contributed by atoms with Crippen molar-refractivity contribution in [2.45, 2.75) is 209 Å². The second-order valence-corrected chi connectivity index (χ2v) is 26.2. The Hall–Kier alpha value is -8.77. The molecule has 14 atom stereocenters. The number of amides is 9. The molecule has 544 valence electrons. The number of carboxylic acid groups (broad SMARTS) is 1. The lowest BCUT2D eigenvalue weighted by Crippen LogP contribution is -2.62. The molecule has 3 fully saturated rings. The van der Waals surface area contributed by atoms with Crippen LogP contribution in [0.3, 0.4) is 0 Å². The zero-order chi connectivity index (χ0) is 73.1. The molecule has 99 heavy (non-hydrogen) atoms. The number of ketones is 3. The molecule has 0 aromatic heterocycles. The number of phenols is 2. The van der Waals surface area contributed by atoms with E-state index in [4.69, 9.17) is 25.1 Å². The fraction of sp³-hybridized carbons (Fsp3) is 0.615. The van der Waals surface area contributed by atoms with E-state index in [1.54, 1.807) is 13.8 Å². The number of aliphatic hydroxyl groups is 6. The van der Waals surface area contributed by atoms with E-state index >= 15 is 0 Å². The number of carbonyl (C=O) groups excluding carboxylic acids is 12. The van der Waals surface area contributed by atoms with E-state index in [2.05, 4.69) is 37.2 Å². The van der Waals surface area contributed by atoms with Gasteiger partial charge >= 0.3 is 5.97 Å². The van der Waals surface area contributed by atoms with Gasteiger partial charge in [-0.3, -0.25) is 62.3 Å². The Labute approximate surface area is 567 Å². The first-order valence-corrected chi connectivity index (χ1v) is 32.8. The molecule has 34 nitrogen and oxygen atoms in total. The van der Waals surface area contributed by atoms with Crippen molar-refractivity contribution in [3.05, 3.63) is 51.6 Å². The summed E-state index contributed by atoms with van der Waals surface area (Å²) in [6, 6.07) is -8.06. The second-order valence-electron chi connectivity index (χ2n) is 26.2. The van der Waals surface area contributed by atoms with Crippen molar-refractivity contribution in [3.8, 4) is 17.2 Å². The van der Waals surface area contributed by atoms with Gasteiger partial charge in [0.2, 0.25) is 58.9 Å². The van der Waals surface area contributed by atoms with Gasteiger partial charge in [0.1, 0.15) is 77.9 Å². The standard InChI is InChI=1S/C65H89N9O25/c1-28(2)19-37(60(91)69-36-21-47(98-30(4)53(36)84)99-42-23-65(96,43(79)27-77)22-34-49(42)57(88)51-50(55(34)86)54(85)33-13-9-14-41(97-5)48(33)56(51)87)70-61(92)38(25-75)72-59(90)35(17-18-44(66)80)68-64(95)52(31-11-7-6-8-12-31)73-62(93)39(26-76)71-58(89)29(3)67-63(94)40-20-32(78)24-74(40)45(81)15-10-16-46(82)83/h9,13-14,28-32,35-40,42,47,52-53,75-78,84,86,88,96H,6-8,10-12,15-27H2,1-5H3,(H2,66,80)(H,67,94)(H,68,95)(H,69,91)(H,70,92)(H,71,89)(H,72,90)(H,73,93)(H,82,83)/t29-,30-,32+,35+,36-,37-,38-,39-,40-,42-,47-,52-,53+,65-/m0/s1. The predicted molar refractivity (Wildman–Crippen MR) is 339 cm³/mol. The SMILES string of the molecule is COc1cccc2c1C(=O)c1c(O)c3c(c(O)c1C2=O)C[C@@](O)(C(=O)CO)C[C@@H]3O[C@H]1C[C@H](NC(=O)[C@H](CC(C)C)NC(=O)[C@H](CO)NC(=O)[C@@H](CCC(N)=O)NC(=O)[C@@H](NC(=O)[C@H](CO)NC(=O)[C@H](C)NC(=O)[C@@H]2C[C@@H](O)CN2C(=O)CCCC(=O)O)C2CCCCC2)[C@H](O)[C@H](C)O1. The normalized spacial score (nSPS) is 23.8. The Bertz CT molecular complexity index is 3430. The minimum absolute atomic E-state index is 0.0279. The topological polar surface area (TPSA) is 545 Å². The van der Waals surface area contributed by atoms with E-state index in [0.717, 1.165) is 11.3 Å². The van der Waals surface area contributed by atoms with Crippen LogP contribution in [0.15, 0.2) is 18.2 Å². The summed E-state index contributed by atoms with van der Waals surface area (Å²) in [4.78, 5) is 176. The molecule has 0 spiro atoms. The van der Waals surface area contributed by atoms with Crippen LogP contribution in [-0.4, -0.2) is 239 Å². The summed E-state index contributed by atoms with van der Waals surface area (Å²) in [5, 5.41) is 115. The average Bonchev–Trinajstić information content (AvgIpc) is 1.09. The number of nitrogens with two attached hydrogens (primary N) is 1. The number of likely N-dealkylation sites (tertiary alicyclic amines) is 1. The third-order valence-corrected chi connectivity index (χ3v) is 18.5. The number of aliphatic hydroxyl groups excluding tert-OH is 5. The molecule has 2 aliphatic heterocycles. The van der Waals surface area contributed by atoms with Gasteiger partial charge in [-0.2, -0.15) is 0 Å². The van der Waals surface area contributed by atoms with E-state index < -0.39 is 242 Å². The number of hydrogen-bond donors (Lipinski definition) is 17. The highest BCUT2D eigenvalue weighted by Gasteiger charge is 2.51. The Morgan fingerprint density at radius 3 is 1.97 bits per heavy atom. The fourth-order valence-electron chi connectivity index (χ4n) is 13.3. The van der Waals surface area contributed by atoms with Gasteiger partial charge < -0.3 is 108 Å². The van der Waals surface area contributed by atoms with E-state index in [1.165, 1.54) is 39.2 Å². The van der Waals surface area contributed by atoms with Gasteiger partial charge in [-0.15, -0.1) is 0 Å². The van der Waals surface area contributed by atoms with Crippen molar-refractivity contribution >= 4 is 76.5 Å². The number of nitrogens with one attached hydrogen (secondary N) is 7. The number of rotatable bonds is 31. The number of carbonyl (C=O) groups is 13. The minimum atomic E-state index is -2.51. The lowest BCUT2D eigenvalue weighted by Gasteiger charge is -2.43. The highest BCUT2D eigenvalue weighted by Crippen LogP contribution is 2.53. The van der Waals surface area contributed by atoms with Gasteiger partial charge in [0.25, 0.3) is 0 Å². The number of aliphatic carboxylic acids is 1. The summed E-state index contributed by atoms with van der Waals surface area (Å²) in [5.74, 6) is -15.4. The summed E-state index contributed by atoms with van der Waals surface area (Å²) in [7, 11) is 1.25. The quantitative estimate of drug-likeness (QED) is 0.0275. The maximum Gasteiger partial charge on any atom is 0.303 e. The number of ether oxygens (including phenoxy) is 3. The van der Waals surface area contributed by atoms with Crippen molar-refractivity contribution in [2.75, 3.05) is 33.5 Å². The first-order valence-electron chi connectivity index (χ1n) is 32.8. The van der Waals surface area contributed by atoms with Crippen LogP contribution >= 0.6 is 0 Å². The van der Waals surface area contributed by atoms with Gasteiger partial charge in [-0.05, 0) is 63.9 Å². The molecule has 0 bridgehead atoms. The molecular weight excluding hydrogens is 1310 g/mol. The van der Waals surface area contributed by atoms with Crippen LogP contribution in [0.1, 0.15) is 167 Å². The van der Waals surface area contributed by atoms with Crippen LogP contribution in [0, 0.1) is 11.8 Å². The molecule has 9 amide bonds. The molecular formula is C65H89N9O25. The van der Waals surface area contributed by atoms with Crippen LogP contribution in [0.4, 0.5) is 0 Å². The van der Waals surface area contributed by atoms with Gasteiger partial charge in [0.05, 0.1) is 61.4 Å². The summed E-state index contributed by atoms with van der Waals surface area (Å²) in [6.07, 6.45) is -8.07. The van der Waals surface area contributed by atoms with E-state index in [9.17, 15) is 103 Å². The number of carboxylic acids is 1. The minimum Gasteiger partial charge on any atom is -0.507 e. The zero-order valence-corrected chi connectivity index (χ0v) is 55.4. The van der Waals surface area contributed by atoms with Gasteiger partial charge in [0, 0.05) is 68.2 Å². The molecule has 34 heteroatoms. The highest BCUT2D eigenvalue weighted by molar-refractivity contribution is 6.31. The summed E-state index contributed by atoms with van der Waals surface area (Å²) < 4.78 is 17.7. The molecule has 2 saturated heterocycles. The molecule has 3 aliphatic carbocycles. The zero-order valence-electron chi connectivity index (χ0n) is 55.4. The van der Waals surface area contributed by atoms with Crippen molar-refractivity contribution in [2.24, 2.45) is 17.6 Å². The van der Waals surface area contributed by atoms with Crippen molar-refractivity contribution in [3.63, 3.8) is 0 Å². The van der Waals surface area contributed by atoms with Crippen LogP contribution in [0.5, 0.6) is 17.2 Å². The number of fused-ring (bicyclic) bond motifs is 3. The Balaban J connectivity index is 1.03. The number of hydrogen-bond acceptors (Lipinski definition) is 24. The van der Waals surface area contributed by atoms with E-state index in [0.29, 0.717) is 25.7 Å². The Kier molecular flexibility index (Phi) is 26.5. The molecule has 2 aromatic rings. The average molecular weight is 1400 g/mol. The largest absolute Gasteiger partial charge is 0.507 e. The first-order chi connectivity index (χ1) is 46.8. The molecule has 2 heterocycles. The van der Waals surface area contributed by atoms with Gasteiger partial charge in [-0.1, -0.05) is 45.2 Å². The molecule has 18 N–H and O–H groups in total. The number of benzene rings is 2. The smallest absolute Gasteiger partial charge is 0.303 e. The predicted octanol–water partition coefficient (Wildman–Crippen LogP) is -3.82. The number of methoxy groups -OCH3 is 1. The van der Waals surface area contributed by atoms with E-state index in [-0.39, 0.29) is 72.6 Å². The van der Waals surface area contributed by atoms with Gasteiger partial charge in [-0.25, -0.2) is 0 Å². The number of primary amides is 1. The number of nitrogens with zero attached hydrogens (tertiary/aromatic N) is 1.